The van der Waals surface area contributed by atoms with E-state index < -0.39 is 5.97 Å². The molecule has 1 atom stereocenters. The van der Waals surface area contributed by atoms with Gasteiger partial charge in [0.15, 0.2) is 6.29 Å². The Hall–Kier alpha value is -1.42. The van der Waals surface area contributed by atoms with E-state index in [1.54, 1.807) is 0 Å². The average Bonchev–Trinajstić information content (AvgIpc) is 2.94. The summed E-state index contributed by atoms with van der Waals surface area (Å²) in [7, 11) is 0. The largest absolute Gasteiger partial charge is 0.481 e. The lowest BCUT2D eigenvalue weighted by Crippen LogP contribution is -2.25. The van der Waals surface area contributed by atoms with E-state index in [-0.39, 0.29) is 25.0 Å². The Bertz CT molecular complexity index is 563. The molecule has 1 fully saturated rings. The summed E-state index contributed by atoms with van der Waals surface area (Å²) in [6.45, 7) is 8.72. The van der Waals surface area contributed by atoms with Crippen LogP contribution in [0.3, 0.4) is 0 Å². The van der Waals surface area contributed by atoms with Gasteiger partial charge in [-0.1, -0.05) is 0 Å². The lowest BCUT2D eigenvalue weighted by Gasteiger charge is -2.22. The second-order valence-electron chi connectivity index (χ2n) is 8.55. The van der Waals surface area contributed by atoms with Crippen molar-refractivity contribution in [2.75, 3.05) is 112 Å². The predicted octanol–water partition coefficient (Wildman–Crippen LogP) is 1.02. The number of carbonyl (C=O) groups is 2. The molecule has 1 saturated heterocycles. The van der Waals surface area contributed by atoms with Crippen LogP contribution in [0.2, 0.25) is 0 Å². The Balaban J connectivity index is 1.64. The van der Waals surface area contributed by atoms with Crippen LogP contribution in [0.4, 0.5) is 0 Å². The standard InChI is InChI=1S/C26H49NO12/c28-24(5-6-25(29)30)27-7-3-8-31-10-11-32-12-13-33-14-15-34-16-17-35-18-19-36-20-21-37-22-23-39-26-4-1-2-9-38-26/h26H,1-23H2,(H,27,28)(H,29,30). The van der Waals surface area contributed by atoms with E-state index in [9.17, 15) is 9.59 Å². The third kappa shape index (κ3) is 26.6. The van der Waals surface area contributed by atoms with Crippen LogP contribution in [0.15, 0.2) is 0 Å². The molecule has 0 aromatic rings. The minimum absolute atomic E-state index is 0.00532. The molecule has 1 unspecified atom stereocenters. The average molecular weight is 568 g/mol. The Kier molecular flexibility index (Phi) is 25.7. The van der Waals surface area contributed by atoms with Crippen molar-refractivity contribution in [1.29, 1.82) is 0 Å². The van der Waals surface area contributed by atoms with Gasteiger partial charge < -0.3 is 53.1 Å². The zero-order valence-corrected chi connectivity index (χ0v) is 23.3. The van der Waals surface area contributed by atoms with Crippen molar-refractivity contribution in [2.45, 2.75) is 44.8 Å². The number of nitrogens with one attached hydrogen (secondary N) is 1. The van der Waals surface area contributed by atoms with Crippen LogP contribution in [-0.4, -0.2) is 136 Å². The number of carboxylic acid groups (broad SMARTS) is 1. The van der Waals surface area contributed by atoms with Crippen molar-refractivity contribution < 1.29 is 57.3 Å². The third-order valence-electron chi connectivity index (χ3n) is 5.25. The molecule has 0 bridgehead atoms. The van der Waals surface area contributed by atoms with Gasteiger partial charge in [0.25, 0.3) is 0 Å². The molecule has 0 radical (unpaired) electrons. The normalized spacial score (nSPS) is 15.4. The molecule has 2 N–H and O–H groups in total. The smallest absolute Gasteiger partial charge is 0.303 e. The molecule has 0 aromatic heterocycles. The van der Waals surface area contributed by atoms with Crippen LogP contribution < -0.4 is 5.32 Å². The minimum atomic E-state index is -0.979. The number of rotatable bonds is 29. The maximum absolute atomic E-state index is 11.3. The van der Waals surface area contributed by atoms with E-state index in [1.165, 1.54) is 0 Å². The summed E-state index contributed by atoms with van der Waals surface area (Å²) in [5.41, 5.74) is 0. The van der Waals surface area contributed by atoms with Crippen LogP contribution in [-0.2, 0) is 52.2 Å². The first-order valence-corrected chi connectivity index (χ1v) is 13.9. The van der Waals surface area contributed by atoms with Crippen molar-refractivity contribution in [3.63, 3.8) is 0 Å². The first kappa shape index (κ1) is 35.6. The van der Waals surface area contributed by atoms with Crippen molar-refractivity contribution in [1.82, 2.24) is 5.32 Å². The number of ether oxygens (including phenoxy) is 9. The Labute approximate surface area is 232 Å². The highest BCUT2D eigenvalue weighted by Crippen LogP contribution is 2.13. The fourth-order valence-electron chi connectivity index (χ4n) is 3.21. The molecule has 1 aliphatic rings. The molecule has 1 aliphatic heterocycles. The minimum Gasteiger partial charge on any atom is -0.481 e. The van der Waals surface area contributed by atoms with Crippen LogP contribution in [0, 0.1) is 0 Å². The second kappa shape index (κ2) is 28.1. The van der Waals surface area contributed by atoms with Gasteiger partial charge in [-0.25, -0.2) is 0 Å². The number of hydrogen-bond donors (Lipinski definition) is 2. The molecule has 13 nitrogen and oxygen atoms in total. The highest BCUT2D eigenvalue weighted by atomic mass is 16.7. The van der Waals surface area contributed by atoms with Gasteiger partial charge in [-0.15, -0.1) is 0 Å². The molecule has 1 amide bonds. The first-order valence-electron chi connectivity index (χ1n) is 13.9. The molecule has 13 heteroatoms. The van der Waals surface area contributed by atoms with E-state index in [0.717, 1.165) is 25.9 Å². The summed E-state index contributed by atoms with van der Waals surface area (Å²) in [5.74, 6) is -1.24. The van der Waals surface area contributed by atoms with Gasteiger partial charge in [-0.2, -0.15) is 0 Å². The topological polar surface area (TPSA) is 149 Å². The summed E-state index contributed by atoms with van der Waals surface area (Å²) in [5, 5.41) is 11.2. The van der Waals surface area contributed by atoms with Gasteiger partial charge >= 0.3 is 5.97 Å². The van der Waals surface area contributed by atoms with Gasteiger partial charge in [0, 0.05) is 26.2 Å². The van der Waals surface area contributed by atoms with Crippen LogP contribution in [0.25, 0.3) is 0 Å². The van der Waals surface area contributed by atoms with E-state index in [2.05, 4.69) is 5.32 Å². The fourth-order valence-corrected chi connectivity index (χ4v) is 3.21. The maximum Gasteiger partial charge on any atom is 0.303 e. The van der Waals surface area contributed by atoms with E-state index in [0.29, 0.717) is 112 Å². The summed E-state index contributed by atoms with van der Waals surface area (Å²) < 4.78 is 49.2. The summed E-state index contributed by atoms with van der Waals surface area (Å²) in [6, 6.07) is 0. The molecule has 230 valence electrons. The number of hydrogen-bond acceptors (Lipinski definition) is 11. The van der Waals surface area contributed by atoms with E-state index in [1.807, 2.05) is 0 Å². The first-order chi connectivity index (χ1) is 19.2. The fraction of sp³-hybridized carbons (Fsp3) is 0.923. The monoisotopic (exact) mass is 567 g/mol. The highest BCUT2D eigenvalue weighted by molar-refractivity contribution is 5.80. The Morgan fingerprint density at radius 3 is 1.54 bits per heavy atom. The molecular formula is C26H49NO12. The van der Waals surface area contributed by atoms with Gasteiger partial charge in [0.05, 0.1) is 98.9 Å². The SMILES string of the molecule is O=C(O)CCC(=O)NCCCOCCOCCOCCOCCOCCOCCOCCOC1CCCCO1. The Morgan fingerprint density at radius 1 is 0.641 bits per heavy atom. The van der Waals surface area contributed by atoms with Crippen molar-refractivity contribution in [3.8, 4) is 0 Å². The number of amides is 1. The summed E-state index contributed by atoms with van der Waals surface area (Å²) in [4.78, 5) is 21.7. The molecule has 0 aliphatic carbocycles. The summed E-state index contributed by atoms with van der Waals surface area (Å²) in [6.07, 6.45) is 3.66. The number of carbonyl (C=O) groups excluding carboxylic acids is 1. The van der Waals surface area contributed by atoms with Crippen molar-refractivity contribution >= 4 is 11.9 Å². The lowest BCUT2D eigenvalue weighted by molar-refractivity contribution is -0.169. The molecule has 1 heterocycles. The van der Waals surface area contributed by atoms with Gasteiger partial charge in [0.1, 0.15) is 0 Å². The quantitative estimate of drug-likeness (QED) is 0.124. The van der Waals surface area contributed by atoms with E-state index in [4.69, 9.17) is 47.7 Å². The van der Waals surface area contributed by atoms with Gasteiger partial charge in [-0.05, 0) is 25.7 Å². The maximum atomic E-state index is 11.3. The second-order valence-corrected chi connectivity index (χ2v) is 8.55. The van der Waals surface area contributed by atoms with Crippen molar-refractivity contribution in [3.05, 3.63) is 0 Å². The number of carboxylic acids is 1. The van der Waals surface area contributed by atoms with Crippen LogP contribution in [0.5, 0.6) is 0 Å². The van der Waals surface area contributed by atoms with Gasteiger partial charge in [0.2, 0.25) is 5.91 Å². The molecule has 0 spiro atoms. The molecule has 39 heavy (non-hydrogen) atoms. The molecule has 0 aromatic carbocycles. The van der Waals surface area contributed by atoms with Crippen LogP contribution >= 0.6 is 0 Å². The third-order valence-corrected chi connectivity index (χ3v) is 5.25. The molecule has 1 rings (SSSR count). The van der Waals surface area contributed by atoms with Crippen molar-refractivity contribution in [2.24, 2.45) is 0 Å². The number of aliphatic carboxylic acids is 1. The van der Waals surface area contributed by atoms with E-state index >= 15 is 0 Å². The molecule has 0 saturated carbocycles. The zero-order chi connectivity index (χ0) is 28.1. The highest BCUT2D eigenvalue weighted by Gasteiger charge is 2.13. The zero-order valence-electron chi connectivity index (χ0n) is 23.3. The van der Waals surface area contributed by atoms with Gasteiger partial charge in [-0.3, -0.25) is 9.59 Å². The molecular weight excluding hydrogens is 518 g/mol. The summed E-state index contributed by atoms with van der Waals surface area (Å²) >= 11 is 0. The van der Waals surface area contributed by atoms with Crippen LogP contribution in [0.1, 0.15) is 38.5 Å². The Morgan fingerprint density at radius 2 is 1.10 bits per heavy atom. The predicted molar refractivity (Wildman–Crippen MR) is 140 cm³/mol. The lowest BCUT2D eigenvalue weighted by atomic mass is 10.2.